The summed E-state index contributed by atoms with van der Waals surface area (Å²) in [4.78, 5) is 12.0. The summed E-state index contributed by atoms with van der Waals surface area (Å²) < 4.78 is 2.12. The summed E-state index contributed by atoms with van der Waals surface area (Å²) in [7, 11) is 0. The fourth-order valence-electron chi connectivity index (χ4n) is 2.96. The number of amides is 1. The van der Waals surface area contributed by atoms with Crippen LogP contribution in [0.25, 0.3) is 11.4 Å². The molecule has 2 aromatic carbocycles. The van der Waals surface area contributed by atoms with Crippen LogP contribution in [-0.4, -0.2) is 33.0 Å². The first-order chi connectivity index (χ1) is 13.8. The average molecular weight is 395 g/mol. The molecule has 0 bridgehead atoms. The van der Waals surface area contributed by atoms with Crippen LogP contribution in [0.4, 0.5) is 0 Å². The van der Waals surface area contributed by atoms with E-state index in [4.69, 9.17) is 0 Å². The molecular formula is C22H26N4OS. The number of rotatable bonds is 10. The first-order valence-electron chi connectivity index (χ1n) is 9.70. The summed E-state index contributed by atoms with van der Waals surface area (Å²) in [6.45, 7) is 3.60. The summed E-state index contributed by atoms with van der Waals surface area (Å²) >= 11 is 1.66. The monoisotopic (exact) mass is 394 g/mol. The van der Waals surface area contributed by atoms with E-state index < -0.39 is 0 Å². The molecule has 0 atom stereocenters. The van der Waals surface area contributed by atoms with Crippen molar-refractivity contribution in [3.63, 3.8) is 0 Å². The number of carbonyl (C=O) groups excluding carboxylic acids is 1. The normalized spacial score (nSPS) is 10.8. The predicted molar refractivity (Wildman–Crippen MR) is 114 cm³/mol. The van der Waals surface area contributed by atoms with E-state index in [9.17, 15) is 4.79 Å². The van der Waals surface area contributed by atoms with Gasteiger partial charge in [-0.05, 0) is 25.3 Å². The molecule has 1 N–H and O–H groups in total. The molecule has 0 aliphatic heterocycles. The van der Waals surface area contributed by atoms with Gasteiger partial charge in [-0.2, -0.15) is 0 Å². The van der Waals surface area contributed by atoms with Crippen molar-refractivity contribution in [2.75, 3.05) is 12.3 Å². The van der Waals surface area contributed by atoms with E-state index in [-0.39, 0.29) is 5.91 Å². The average Bonchev–Trinajstić information content (AvgIpc) is 3.15. The van der Waals surface area contributed by atoms with Crippen LogP contribution in [0.3, 0.4) is 0 Å². The lowest BCUT2D eigenvalue weighted by molar-refractivity contribution is -0.121. The third-order valence-corrected chi connectivity index (χ3v) is 5.48. The first kappa shape index (κ1) is 20.1. The molecule has 0 radical (unpaired) electrons. The number of benzene rings is 2. The lowest BCUT2D eigenvalue weighted by Gasteiger charge is -2.07. The summed E-state index contributed by atoms with van der Waals surface area (Å²) in [5, 5.41) is 12.6. The number of thioether (sulfide) groups is 1. The fraction of sp³-hybridized carbons (Fsp3) is 0.318. The van der Waals surface area contributed by atoms with Crippen LogP contribution >= 0.6 is 11.8 Å². The maximum atomic E-state index is 12.0. The van der Waals surface area contributed by atoms with Gasteiger partial charge in [0.05, 0.1) is 0 Å². The molecule has 0 saturated carbocycles. The molecule has 1 aromatic heterocycles. The Balaban J connectivity index is 1.40. The topological polar surface area (TPSA) is 59.8 Å². The van der Waals surface area contributed by atoms with Crippen molar-refractivity contribution < 1.29 is 4.79 Å². The van der Waals surface area contributed by atoms with E-state index >= 15 is 0 Å². The summed E-state index contributed by atoms with van der Waals surface area (Å²) in [5.41, 5.74) is 2.31. The van der Waals surface area contributed by atoms with Crippen molar-refractivity contribution >= 4 is 17.7 Å². The minimum atomic E-state index is 0.110. The van der Waals surface area contributed by atoms with Gasteiger partial charge in [-0.3, -0.25) is 4.79 Å². The Morgan fingerprint density at radius 1 is 1.04 bits per heavy atom. The maximum Gasteiger partial charge on any atom is 0.220 e. The van der Waals surface area contributed by atoms with Gasteiger partial charge in [-0.25, -0.2) is 0 Å². The highest BCUT2D eigenvalue weighted by Gasteiger charge is 2.12. The van der Waals surface area contributed by atoms with Gasteiger partial charge in [0.25, 0.3) is 0 Å². The van der Waals surface area contributed by atoms with E-state index in [1.807, 2.05) is 48.5 Å². The smallest absolute Gasteiger partial charge is 0.220 e. The van der Waals surface area contributed by atoms with Gasteiger partial charge >= 0.3 is 0 Å². The molecule has 0 aliphatic carbocycles. The van der Waals surface area contributed by atoms with Gasteiger partial charge in [0.15, 0.2) is 11.0 Å². The number of nitrogens with one attached hydrogen (secondary N) is 1. The van der Waals surface area contributed by atoms with E-state index in [0.717, 1.165) is 41.7 Å². The van der Waals surface area contributed by atoms with Crippen LogP contribution in [0.2, 0.25) is 0 Å². The molecule has 1 heterocycles. The minimum Gasteiger partial charge on any atom is -0.356 e. The molecule has 146 valence electrons. The van der Waals surface area contributed by atoms with Crippen LogP contribution in [0.5, 0.6) is 0 Å². The third kappa shape index (κ3) is 5.70. The first-order valence-corrected chi connectivity index (χ1v) is 10.7. The van der Waals surface area contributed by atoms with Crippen LogP contribution < -0.4 is 5.32 Å². The van der Waals surface area contributed by atoms with Gasteiger partial charge in [0.2, 0.25) is 5.91 Å². The SMILES string of the molecule is CCn1c(SCCCC(=O)NCCc2ccccc2)nnc1-c1ccccc1. The van der Waals surface area contributed by atoms with E-state index in [0.29, 0.717) is 13.0 Å². The maximum absolute atomic E-state index is 12.0. The van der Waals surface area contributed by atoms with E-state index in [1.165, 1.54) is 5.56 Å². The Morgan fingerprint density at radius 3 is 2.46 bits per heavy atom. The minimum absolute atomic E-state index is 0.110. The second-order valence-corrected chi connectivity index (χ2v) is 7.52. The lowest BCUT2D eigenvalue weighted by Crippen LogP contribution is -2.25. The molecule has 3 rings (SSSR count). The van der Waals surface area contributed by atoms with Crippen LogP contribution in [0.1, 0.15) is 25.3 Å². The lowest BCUT2D eigenvalue weighted by atomic mass is 10.1. The Bertz CT molecular complexity index is 865. The standard InChI is InChI=1S/C22H26N4OS/c1-2-26-21(19-12-7-4-8-13-19)24-25-22(26)28-17-9-14-20(27)23-16-15-18-10-5-3-6-11-18/h3-8,10-13H,2,9,14-17H2,1H3,(H,23,27). The van der Waals surface area contributed by atoms with Crippen LogP contribution in [-0.2, 0) is 17.8 Å². The molecule has 0 fully saturated rings. The van der Waals surface area contributed by atoms with Crippen molar-refractivity contribution in [1.29, 1.82) is 0 Å². The van der Waals surface area contributed by atoms with Crippen LogP contribution in [0, 0.1) is 0 Å². The predicted octanol–water partition coefficient (Wildman–Crippen LogP) is 4.20. The van der Waals surface area contributed by atoms with Gasteiger partial charge in [-0.1, -0.05) is 72.4 Å². The summed E-state index contributed by atoms with van der Waals surface area (Å²) in [6, 6.07) is 20.3. The molecule has 3 aromatic rings. The highest BCUT2D eigenvalue weighted by atomic mass is 32.2. The highest BCUT2D eigenvalue weighted by Crippen LogP contribution is 2.24. The Morgan fingerprint density at radius 2 is 1.75 bits per heavy atom. The van der Waals surface area contributed by atoms with E-state index in [2.05, 4.69) is 39.1 Å². The zero-order chi connectivity index (χ0) is 19.6. The zero-order valence-electron chi connectivity index (χ0n) is 16.2. The van der Waals surface area contributed by atoms with Gasteiger partial charge < -0.3 is 9.88 Å². The summed E-state index contributed by atoms with van der Waals surface area (Å²) in [5.74, 6) is 1.85. The Hall–Kier alpha value is -2.60. The molecule has 0 saturated heterocycles. The molecule has 5 nitrogen and oxygen atoms in total. The van der Waals surface area contributed by atoms with Crippen LogP contribution in [0.15, 0.2) is 65.8 Å². The quantitative estimate of drug-likeness (QED) is 0.414. The van der Waals surface area contributed by atoms with Crippen molar-refractivity contribution in [2.45, 2.75) is 37.9 Å². The molecule has 0 spiro atoms. The molecule has 0 aliphatic rings. The molecule has 6 heteroatoms. The largest absolute Gasteiger partial charge is 0.356 e. The molecule has 1 amide bonds. The molecule has 28 heavy (non-hydrogen) atoms. The second-order valence-electron chi connectivity index (χ2n) is 6.45. The van der Waals surface area contributed by atoms with Gasteiger partial charge in [0, 0.05) is 30.8 Å². The van der Waals surface area contributed by atoms with Crippen molar-refractivity contribution in [3.8, 4) is 11.4 Å². The second kappa shape index (κ2) is 10.7. The number of nitrogens with zero attached hydrogens (tertiary/aromatic N) is 3. The Kier molecular flexibility index (Phi) is 7.67. The van der Waals surface area contributed by atoms with Gasteiger partial charge in [-0.15, -0.1) is 10.2 Å². The van der Waals surface area contributed by atoms with Crippen molar-refractivity contribution in [3.05, 3.63) is 66.2 Å². The van der Waals surface area contributed by atoms with Crippen molar-refractivity contribution in [1.82, 2.24) is 20.1 Å². The van der Waals surface area contributed by atoms with Gasteiger partial charge in [0.1, 0.15) is 0 Å². The highest BCUT2D eigenvalue weighted by molar-refractivity contribution is 7.99. The summed E-state index contributed by atoms with van der Waals surface area (Å²) in [6.07, 6.45) is 2.22. The number of hydrogen-bond donors (Lipinski definition) is 1. The number of carbonyl (C=O) groups is 1. The zero-order valence-corrected chi connectivity index (χ0v) is 17.0. The van der Waals surface area contributed by atoms with E-state index in [1.54, 1.807) is 11.8 Å². The number of hydrogen-bond acceptors (Lipinski definition) is 4. The van der Waals surface area contributed by atoms with Crippen molar-refractivity contribution in [2.24, 2.45) is 0 Å². The Labute approximate surface area is 170 Å². The molecular weight excluding hydrogens is 368 g/mol. The fourth-order valence-corrected chi connectivity index (χ4v) is 3.90. The number of aromatic nitrogens is 3. The molecule has 0 unspecified atom stereocenters. The third-order valence-electron chi connectivity index (χ3n) is 4.42.